The molecule has 2 aliphatic heterocycles. The second-order valence-electron chi connectivity index (χ2n) is 8.23. The number of hydrogen-bond donors (Lipinski definition) is 3. The number of hydrogen-bond acceptors (Lipinski definition) is 6. The highest BCUT2D eigenvalue weighted by atomic mass is 79.9. The minimum absolute atomic E-state index is 0.0253. The van der Waals surface area contributed by atoms with Gasteiger partial charge in [-0.25, -0.2) is 8.42 Å². The number of fused-ring (bicyclic) bond motifs is 1. The van der Waals surface area contributed by atoms with Crippen LogP contribution in [0.3, 0.4) is 0 Å². The highest BCUT2D eigenvalue weighted by Crippen LogP contribution is 2.32. The van der Waals surface area contributed by atoms with Crippen molar-refractivity contribution in [1.82, 2.24) is 19.5 Å². The first-order valence-electron chi connectivity index (χ1n) is 11.0. The first-order chi connectivity index (χ1) is 16.2. The van der Waals surface area contributed by atoms with Crippen molar-refractivity contribution < 1.29 is 27.5 Å². The Bertz CT molecular complexity index is 1230. The number of aromatic nitrogens is 1. The highest BCUT2D eigenvalue weighted by Gasteiger charge is 2.37. The van der Waals surface area contributed by atoms with Crippen LogP contribution in [0, 0.1) is 0 Å². The molecule has 13 heteroatoms. The number of amides is 3. The number of likely N-dealkylation sites (tertiary alicyclic amines) is 1. The number of carbonyl (C=O) groups is 3. The molecule has 2 fully saturated rings. The molecule has 4 rings (SSSR count). The molecular weight excluding hydrogens is 530 g/mol. The third-order valence-corrected chi connectivity index (χ3v) is 8.40. The molecule has 1 aromatic heterocycles. The summed E-state index contributed by atoms with van der Waals surface area (Å²) in [6, 6.07) is 4.96. The third kappa shape index (κ3) is 4.97. The number of carbonyl (C=O) groups excluding carboxylic acids is 3. The van der Waals surface area contributed by atoms with Crippen molar-refractivity contribution >= 4 is 54.6 Å². The second-order valence-corrected chi connectivity index (χ2v) is 11.0. The van der Waals surface area contributed by atoms with Gasteiger partial charge in [0.05, 0.1) is 6.61 Å². The quantitative estimate of drug-likeness (QED) is 0.404. The normalized spacial score (nSPS) is 19.6. The van der Waals surface area contributed by atoms with Crippen LogP contribution in [0.2, 0.25) is 0 Å². The standard InChI is InChI=1S/C21H26BrN5O6S/c22-13-4-5-15-14(11-13)19(18(25-15)20(23)29)34(31,32)27-9-10-33-16(12-27)21(30)24-6-2-8-26-7-1-3-17(26)28/h4-5,11,16,25H,1-3,6-10,12H2,(H2,23,29)(H,24,30). The topological polar surface area (TPSA) is 155 Å². The van der Waals surface area contributed by atoms with E-state index in [1.807, 2.05) is 0 Å². The van der Waals surface area contributed by atoms with Gasteiger partial charge in [0.2, 0.25) is 15.9 Å². The lowest BCUT2D eigenvalue weighted by molar-refractivity contribution is -0.136. The Balaban J connectivity index is 1.46. The van der Waals surface area contributed by atoms with Crippen molar-refractivity contribution in [3.05, 3.63) is 28.4 Å². The van der Waals surface area contributed by atoms with Crippen LogP contribution in [0.15, 0.2) is 27.6 Å². The van der Waals surface area contributed by atoms with E-state index in [1.54, 1.807) is 23.1 Å². The summed E-state index contributed by atoms with van der Waals surface area (Å²) in [6.07, 6.45) is 1.03. The molecule has 1 atom stereocenters. The molecule has 2 aliphatic rings. The smallest absolute Gasteiger partial charge is 0.266 e. The van der Waals surface area contributed by atoms with E-state index in [0.717, 1.165) is 17.3 Å². The van der Waals surface area contributed by atoms with Crippen LogP contribution in [0.25, 0.3) is 10.9 Å². The fraction of sp³-hybridized carbons (Fsp3) is 0.476. The SMILES string of the molecule is NC(=O)c1[nH]c2ccc(Br)cc2c1S(=O)(=O)N1CCOC(C(=O)NCCCN2CCCC2=O)C1. The summed E-state index contributed by atoms with van der Waals surface area (Å²) in [5.41, 5.74) is 5.70. The van der Waals surface area contributed by atoms with Gasteiger partial charge >= 0.3 is 0 Å². The van der Waals surface area contributed by atoms with E-state index in [0.29, 0.717) is 41.3 Å². The molecule has 0 radical (unpaired) electrons. The van der Waals surface area contributed by atoms with Crippen LogP contribution in [0.4, 0.5) is 0 Å². The summed E-state index contributed by atoms with van der Waals surface area (Å²) in [7, 11) is -4.17. The number of nitrogens with one attached hydrogen (secondary N) is 2. The van der Waals surface area contributed by atoms with Crippen LogP contribution >= 0.6 is 15.9 Å². The summed E-state index contributed by atoms with van der Waals surface area (Å²) in [4.78, 5) is 40.7. The highest BCUT2D eigenvalue weighted by molar-refractivity contribution is 9.10. The van der Waals surface area contributed by atoms with E-state index < -0.39 is 27.9 Å². The van der Waals surface area contributed by atoms with Crippen molar-refractivity contribution in [2.24, 2.45) is 5.73 Å². The predicted molar refractivity (Wildman–Crippen MR) is 126 cm³/mol. The minimum Gasteiger partial charge on any atom is -0.366 e. The first kappa shape index (κ1) is 24.6. The average Bonchev–Trinajstić information content (AvgIpc) is 3.40. The number of H-pyrrole nitrogens is 1. The van der Waals surface area contributed by atoms with E-state index in [4.69, 9.17) is 10.5 Å². The molecule has 11 nitrogen and oxygen atoms in total. The van der Waals surface area contributed by atoms with E-state index in [2.05, 4.69) is 26.2 Å². The van der Waals surface area contributed by atoms with Gasteiger partial charge in [-0.05, 0) is 31.0 Å². The summed E-state index contributed by atoms with van der Waals surface area (Å²) < 4.78 is 34.4. The van der Waals surface area contributed by atoms with E-state index in [-0.39, 0.29) is 36.2 Å². The van der Waals surface area contributed by atoms with Gasteiger partial charge in [0, 0.05) is 54.5 Å². The molecule has 184 valence electrons. The van der Waals surface area contributed by atoms with Crippen molar-refractivity contribution in [1.29, 1.82) is 0 Å². The summed E-state index contributed by atoms with van der Waals surface area (Å²) >= 11 is 3.33. The second kappa shape index (κ2) is 10.0. The number of aromatic amines is 1. The zero-order chi connectivity index (χ0) is 24.5. The molecule has 1 unspecified atom stereocenters. The predicted octanol–water partition coefficient (Wildman–Crippen LogP) is 0.547. The van der Waals surface area contributed by atoms with Gasteiger partial charge < -0.3 is 25.7 Å². The average molecular weight is 556 g/mol. The minimum atomic E-state index is -4.17. The lowest BCUT2D eigenvalue weighted by Gasteiger charge is -2.31. The summed E-state index contributed by atoms with van der Waals surface area (Å²) in [5.74, 6) is -1.20. The van der Waals surface area contributed by atoms with Crippen molar-refractivity contribution in [2.75, 3.05) is 39.3 Å². The number of primary amides is 1. The van der Waals surface area contributed by atoms with Gasteiger partial charge in [-0.2, -0.15) is 4.31 Å². The van der Waals surface area contributed by atoms with Crippen LogP contribution in [0.1, 0.15) is 29.8 Å². The van der Waals surface area contributed by atoms with Gasteiger partial charge in [0.15, 0.2) is 0 Å². The van der Waals surface area contributed by atoms with Crippen LogP contribution in [-0.2, 0) is 24.3 Å². The molecule has 0 spiro atoms. The third-order valence-electron chi connectivity index (χ3n) is 5.95. The fourth-order valence-corrected chi connectivity index (χ4v) is 6.37. The van der Waals surface area contributed by atoms with E-state index in [1.165, 1.54) is 0 Å². The van der Waals surface area contributed by atoms with Crippen LogP contribution in [-0.4, -0.2) is 85.8 Å². The van der Waals surface area contributed by atoms with Crippen LogP contribution in [0.5, 0.6) is 0 Å². The maximum atomic E-state index is 13.6. The van der Waals surface area contributed by atoms with Gasteiger partial charge in [-0.1, -0.05) is 15.9 Å². The number of ether oxygens (including phenoxy) is 1. The zero-order valence-corrected chi connectivity index (χ0v) is 20.8. The largest absolute Gasteiger partial charge is 0.366 e. The number of benzene rings is 1. The van der Waals surface area contributed by atoms with E-state index >= 15 is 0 Å². The Morgan fingerprint density at radius 3 is 2.79 bits per heavy atom. The fourth-order valence-electron chi connectivity index (χ4n) is 4.25. The lowest BCUT2D eigenvalue weighted by atomic mass is 10.2. The number of rotatable bonds is 8. The first-order valence-corrected chi connectivity index (χ1v) is 13.2. The van der Waals surface area contributed by atoms with Crippen molar-refractivity contribution in [3.8, 4) is 0 Å². The zero-order valence-electron chi connectivity index (χ0n) is 18.4. The summed E-state index contributed by atoms with van der Waals surface area (Å²) in [6.45, 7) is 1.51. The maximum Gasteiger partial charge on any atom is 0.266 e. The number of nitrogens with two attached hydrogens (primary N) is 1. The molecule has 0 aliphatic carbocycles. The van der Waals surface area contributed by atoms with Gasteiger partial charge in [0.1, 0.15) is 16.7 Å². The lowest BCUT2D eigenvalue weighted by Crippen LogP contribution is -2.51. The van der Waals surface area contributed by atoms with Gasteiger partial charge in [0.25, 0.3) is 11.8 Å². The van der Waals surface area contributed by atoms with Crippen LogP contribution < -0.4 is 11.1 Å². The van der Waals surface area contributed by atoms with Crippen molar-refractivity contribution in [3.63, 3.8) is 0 Å². The maximum absolute atomic E-state index is 13.6. The number of halogens is 1. The number of nitrogens with zero attached hydrogens (tertiary/aromatic N) is 2. The molecule has 3 heterocycles. The Kier molecular flexibility index (Phi) is 7.26. The molecule has 2 saturated heterocycles. The molecular formula is C21H26BrN5O6S. The Labute approximate surface area is 205 Å². The number of sulfonamides is 1. The summed E-state index contributed by atoms with van der Waals surface area (Å²) in [5, 5.41) is 3.08. The Morgan fingerprint density at radius 2 is 2.09 bits per heavy atom. The molecule has 2 aromatic rings. The molecule has 34 heavy (non-hydrogen) atoms. The van der Waals surface area contributed by atoms with Crippen molar-refractivity contribution in [2.45, 2.75) is 30.3 Å². The monoisotopic (exact) mass is 555 g/mol. The van der Waals surface area contributed by atoms with Gasteiger partial charge in [-0.3, -0.25) is 14.4 Å². The molecule has 0 bridgehead atoms. The van der Waals surface area contributed by atoms with E-state index in [9.17, 15) is 22.8 Å². The molecule has 3 amide bonds. The Morgan fingerprint density at radius 1 is 1.29 bits per heavy atom. The number of morpholine rings is 1. The molecule has 1 aromatic carbocycles. The Hall–Kier alpha value is -2.48. The van der Waals surface area contributed by atoms with Gasteiger partial charge in [-0.15, -0.1) is 0 Å². The molecule has 0 saturated carbocycles. The molecule has 4 N–H and O–H groups in total.